The van der Waals surface area contributed by atoms with Crippen LogP contribution in [0.3, 0.4) is 0 Å². The van der Waals surface area contributed by atoms with E-state index in [0.29, 0.717) is 11.7 Å². The zero-order valence-corrected chi connectivity index (χ0v) is 10.8. The number of carbonyl (C=O) groups is 1. The van der Waals surface area contributed by atoms with Gasteiger partial charge in [0.15, 0.2) is 5.78 Å². The number of ketones is 1. The maximum absolute atomic E-state index is 12.7. The highest BCUT2D eigenvalue weighted by Gasteiger charge is 2.45. The number of hydrogen-bond donors (Lipinski definition) is 0. The van der Waals surface area contributed by atoms with Crippen molar-refractivity contribution in [3.05, 3.63) is 0 Å². The van der Waals surface area contributed by atoms with Gasteiger partial charge in [0, 0.05) is 5.92 Å². The van der Waals surface area contributed by atoms with Crippen LogP contribution in [0.2, 0.25) is 0 Å². The summed E-state index contributed by atoms with van der Waals surface area (Å²) in [6.07, 6.45) is 10.8. The lowest BCUT2D eigenvalue weighted by atomic mass is 9.76. The lowest BCUT2D eigenvalue weighted by Crippen LogP contribution is -2.51. The Kier molecular flexibility index (Phi) is 3.68. The van der Waals surface area contributed by atoms with Crippen LogP contribution in [0.1, 0.15) is 57.8 Å². The third kappa shape index (κ3) is 2.04. The minimum Gasteiger partial charge on any atom is -0.297 e. The van der Waals surface area contributed by atoms with Crippen molar-refractivity contribution in [1.82, 2.24) is 4.90 Å². The van der Waals surface area contributed by atoms with Crippen LogP contribution in [0.15, 0.2) is 0 Å². The van der Waals surface area contributed by atoms with Gasteiger partial charge in [0.1, 0.15) is 0 Å². The van der Waals surface area contributed by atoms with Crippen LogP contribution in [0.25, 0.3) is 0 Å². The van der Waals surface area contributed by atoms with Crippen molar-refractivity contribution >= 4 is 5.78 Å². The molecular formula is C14H25NO. The second kappa shape index (κ2) is 4.87. The summed E-state index contributed by atoms with van der Waals surface area (Å²) >= 11 is 0. The van der Waals surface area contributed by atoms with Crippen molar-refractivity contribution in [2.24, 2.45) is 5.92 Å². The average molecular weight is 223 g/mol. The first-order valence-corrected chi connectivity index (χ1v) is 6.88. The van der Waals surface area contributed by atoms with Gasteiger partial charge in [-0.3, -0.25) is 9.69 Å². The van der Waals surface area contributed by atoms with Crippen molar-refractivity contribution in [2.45, 2.75) is 63.3 Å². The topological polar surface area (TPSA) is 20.3 Å². The summed E-state index contributed by atoms with van der Waals surface area (Å²) in [5, 5.41) is 0. The molecule has 2 heteroatoms. The van der Waals surface area contributed by atoms with Gasteiger partial charge in [-0.1, -0.05) is 32.1 Å². The predicted molar refractivity (Wildman–Crippen MR) is 66.5 cm³/mol. The minimum absolute atomic E-state index is 0.0952. The zero-order chi connectivity index (χ0) is 11.6. The van der Waals surface area contributed by atoms with Gasteiger partial charge in [-0.2, -0.15) is 0 Å². The Morgan fingerprint density at radius 1 is 1.00 bits per heavy atom. The largest absolute Gasteiger partial charge is 0.297 e. The fourth-order valence-electron chi connectivity index (χ4n) is 3.62. The maximum Gasteiger partial charge on any atom is 0.156 e. The molecule has 0 aromatic carbocycles. The Morgan fingerprint density at radius 2 is 1.56 bits per heavy atom. The molecule has 0 aliphatic heterocycles. The predicted octanol–water partition coefficient (Wildman–Crippen LogP) is 3.01. The highest BCUT2D eigenvalue weighted by Crippen LogP contribution is 2.39. The Bertz CT molecular complexity index is 247. The van der Waals surface area contributed by atoms with Crippen LogP contribution in [-0.2, 0) is 4.79 Å². The van der Waals surface area contributed by atoms with Gasteiger partial charge in [0.2, 0.25) is 0 Å². The molecule has 16 heavy (non-hydrogen) atoms. The molecule has 0 atom stereocenters. The molecule has 0 amide bonds. The molecule has 0 N–H and O–H groups in total. The molecular weight excluding hydrogens is 198 g/mol. The molecule has 0 heterocycles. The molecule has 0 unspecified atom stereocenters. The first kappa shape index (κ1) is 12.1. The summed E-state index contributed by atoms with van der Waals surface area (Å²) in [4.78, 5) is 14.9. The van der Waals surface area contributed by atoms with E-state index < -0.39 is 0 Å². The smallest absolute Gasteiger partial charge is 0.156 e. The summed E-state index contributed by atoms with van der Waals surface area (Å²) < 4.78 is 0. The first-order valence-electron chi connectivity index (χ1n) is 6.88. The van der Waals surface area contributed by atoms with Gasteiger partial charge in [-0.15, -0.1) is 0 Å². The van der Waals surface area contributed by atoms with E-state index in [1.807, 2.05) is 0 Å². The molecule has 0 radical (unpaired) electrons. The van der Waals surface area contributed by atoms with E-state index in [4.69, 9.17) is 0 Å². The Hall–Kier alpha value is -0.370. The van der Waals surface area contributed by atoms with E-state index in [1.165, 1.54) is 32.1 Å². The molecule has 0 aromatic heterocycles. The highest BCUT2D eigenvalue weighted by atomic mass is 16.1. The monoisotopic (exact) mass is 223 g/mol. The molecule has 0 bridgehead atoms. The summed E-state index contributed by atoms with van der Waals surface area (Å²) in [5.41, 5.74) is -0.0952. The summed E-state index contributed by atoms with van der Waals surface area (Å²) in [5.74, 6) is 0.934. The minimum atomic E-state index is -0.0952. The lowest BCUT2D eigenvalue weighted by Gasteiger charge is -2.38. The highest BCUT2D eigenvalue weighted by molar-refractivity contribution is 5.90. The SMILES string of the molecule is CN(C)C1(C(=O)C2CCCCC2)CCCC1. The number of likely N-dealkylation sites (N-methyl/N-ethyl adjacent to an activating group) is 1. The quantitative estimate of drug-likeness (QED) is 0.733. The Morgan fingerprint density at radius 3 is 2.06 bits per heavy atom. The van der Waals surface area contributed by atoms with Crippen molar-refractivity contribution < 1.29 is 4.79 Å². The fraction of sp³-hybridized carbons (Fsp3) is 0.929. The van der Waals surface area contributed by atoms with Crippen molar-refractivity contribution in [1.29, 1.82) is 0 Å². The maximum atomic E-state index is 12.7. The van der Waals surface area contributed by atoms with Crippen LogP contribution < -0.4 is 0 Å². The third-order valence-electron chi connectivity index (χ3n) is 4.72. The molecule has 0 spiro atoms. The van der Waals surface area contributed by atoms with Gasteiger partial charge in [0.05, 0.1) is 5.54 Å². The van der Waals surface area contributed by atoms with E-state index in [1.54, 1.807) is 0 Å². The first-order chi connectivity index (χ1) is 7.67. The van der Waals surface area contributed by atoms with Gasteiger partial charge in [0.25, 0.3) is 0 Å². The molecule has 2 rings (SSSR count). The van der Waals surface area contributed by atoms with Crippen molar-refractivity contribution in [3.8, 4) is 0 Å². The number of hydrogen-bond acceptors (Lipinski definition) is 2. The molecule has 0 aromatic rings. The molecule has 2 nitrogen and oxygen atoms in total. The summed E-state index contributed by atoms with van der Waals surface area (Å²) in [7, 11) is 4.18. The molecule has 2 aliphatic carbocycles. The van der Waals surface area contributed by atoms with Gasteiger partial charge in [-0.05, 0) is 39.8 Å². The summed E-state index contributed by atoms with van der Waals surface area (Å²) in [6, 6.07) is 0. The number of Topliss-reactive ketones (excluding diaryl/α,β-unsaturated/α-hetero) is 1. The van der Waals surface area contributed by atoms with Gasteiger partial charge < -0.3 is 0 Å². The van der Waals surface area contributed by atoms with Gasteiger partial charge in [-0.25, -0.2) is 0 Å². The average Bonchev–Trinajstić information content (AvgIpc) is 2.79. The second-order valence-corrected chi connectivity index (χ2v) is 5.83. The number of nitrogens with zero attached hydrogens (tertiary/aromatic N) is 1. The fourth-order valence-corrected chi connectivity index (χ4v) is 3.62. The molecule has 92 valence electrons. The van der Waals surface area contributed by atoms with Crippen LogP contribution in [0.4, 0.5) is 0 Å². The van der Waals surface area contributed by atoms with Crippen LogP contribution in [-0.4, -0.2) is 30.3 Å². The standard InChI is InChI=1S/C14H25NO/c1-15(2)14(10-6-7-11-14)13(16)12-8-4-3-5-9-12/h12H,3-11H2,1-2H3. The second-order valence-electron chi connectivity index (χ2n) is 5.83. The third-order valence-corrected chi connectivity index (χ3v) is 4.72. The molecule has 2 fully saturated rings. The molecule has 0 saturated heterocycles. The van der Waals surface area contributed by atoms with Crippen LogP contribution in [0.5, 0.6) is 0 Å². The van der Waals surface area contributed by atoms with Gasteiger partial charge >= 0.3 is 0 Å². The molecule has 2 aliphatic rings. The van der Waals surface area contributed by atoms with E-state index in [-0.39, 0.29) is 5.54 Å². The van der Waals surface area contributed by atoms with E-state index in [0.717, 1.165) is 25.7 Å². The van der Waals surface area contributed by atoms with Crippen molar-refractivity contribution in [3.63, 3.8) is 0 Å². The van der Waals surface area contributed by atoms with Crippen molar-refractivity contribution in [2.75, 3.05) is 14.1 Å². The summed E-state index contributed by atoms with van der Waals surface area (Å²) in [6.45, 7) is 0. The normalized spacial score (nSPS) is 26.2. The number of carbonyl (C=O) groups excluding carboxylic acids is 1. The zero-order valence-electron chi connectivity index (χ0n) is 10.8. The molecule has 2 saturated carbocycles. The van der Waals surface area contributed by atoms with E-state index in [2.05, 4.69) is 19.0 Å². The van der Waals surface area contributed by atoms with E-state index >= 15 is 0 Å². The van der Waals surface area contributed by atoms with Crippen LogP contribution >= 0.6 is 0 Å². The Balaban J connectivity index is 2.10. The lowest BCUT2D eigenvalue weighted by molar-refractivity contribution is -0.134. The van der Waals surface area contributed by atoms with Crippen LogP contribution in [0, 0.1) is 5.92 Å². The Labute approximate surface area is 99.4 Å². The van der Waals surface area contributed by atoms with E-state index in [9.17, 15) is 4.79 Å². The number of rotatable bonds is 3.